The highest BCUT2D eigenvalue weighted by Gasteiger charge is 2.44. The number of hydrogen-bond acceptors (Lipinski definition) is 3. The molecule has 2 fully saturated rings. The van der Waals surface area contributed by atoms with Gasteiger partial charge in [-0.3, -0.25) is 9.59 Å². The Balaban J connectivity index is 1.45. The molecule has 0 aliphatic heterocycles. The molecule has 0 aromatic heterocycles. The fourth-order valence-corrected chi connectivity index (χ4v) is 4.43. The third kappa shape index (κ3) is 4.28. The summed E-state index contributed by atoms with van der Waals surface area (Å²) >= 11 is 1.86. The number of thioether (sulfide) groups is 1. The number of carboxylic acids is 1. The predicted octanol–water partition coefficient (Wildman–Crippen LogP) is 3.32. The molecule has 1 aromatic carbocycles. The molecule has 0 heterocycles. The molecule has 0 atom stereocenters. The van der Waals surface area contributed by atoms with Crippen LogP contribution in [0.3, 0.4) is 0 Å². The third-order valence-corrected chi connectivity index (χ3v) is 6.41. The second kappa shape index (κ2) is 6.95. The van der Waals surface area contributed by atoms with Gasteiger partial charge in [-0.05, 0) is 50.7 Å². The maximum absolute atomic E-state index is 12.3. The number of nitrogens with one attached hydrogen (secondary N) is 1. The van der Waals surface area contributed by atoms with E-state index in [-0.39, 0.29) is 22.5 Å². The van der Waals surface area contributed by atoms with Gasteiger partial charge >= 0.3 is 5.97 Å². The van der Waals surface area contributed by atoms with Crippen molar-refractivity contribution < 1.29 is 14.7 Å². The molecule has 124 valence electrons. The zero-order chi connectivity index (χ0) is 16.3. The van der Waals surface area contributed by atoms with Crippen LogP contribution >= 0.6 is 11.8 Å². The standard InChI is InChI=1S/C18H23NO3S/c20-16(13-6-8-14(9-7-13)17(21)22)19-12-18(10-11-18)23-15-4-2-1-3-5-15/h1-5,13-14H,6-12H2,(H,19,20)(H,21,22). The van der Waals surface area contributed by atoms with Gasteiger partial charge < -0.3 is 10.4 Å². The lowest BCUT2D eigenvalue weighted by Crippen LogP contribution is -2.38. The van der Waals surface area contributed by atoms with Crippen molar-refractivity contribution in [1.29, 1.82) is 0 Å². The fraction of sp³-hybridized carbons (Fsp3) is 0.556. The van der Waals surface area contributed by atoms with Crippen LogP contribution in [0.15, 0.2) is 35.2 Å². The normalized spacial score (nSPS) is 25.6. The number of carboxylic acid groups (broad SMARTS) is 1. The maximum atomic E-state index is 12.3. The van der Waals surface area contributed by atoms with Crippen molar-refractivity contribution in [3.05, 3.63) is 30.3 Å². The van der Waals surface area contributed by atoms with Gasteiger partial charge in [0.25, 0.3) is 0 Å². The molecule has 3 rings (SSSR count). The number of hydrogen-bond donors (Lipinski definition) is 2. The van der Waals surface area contributed by atoms with E-state index in [0.717, 1.165) is 12.8 Å². The summed E-state index contributed by atoms with van der Waals surface area (Å²) < 4.78 is 0.162. The molecule has 2 N–H and O–H groups in total. The fourth-order valence-electron chi connectivity index (χ4n) is 3.19. The maximum Gasteiger partial charge on any atom is 0.306 e. The molecular weight excluding hydrogens is 310 g/mol. The molecule has 2 saturated carbocycles. The van der Waals surface area contributed by atoms with Gasteiger partial charge in [0.2, 0.25) is 5.91 Å². The van der Waals surface area contributed by atoms with E-state index in [1.807, 2.05) is 30.0 Å². The summed E-state index contributed by atoms with van der Waals surface area (Å²) in [5.74, 6) is -0.889. The number of amides is 1. The molecule has 1 aromatic rings. The quantitative estimate of drug-likeness (QED) is 0.838. The van der Waals surface area contributed by atoms with Crippen molar-refractivity contribution in [2.45, 2.75) is 48.2 Å². The highest BCUT2D eigenvalue weighted by Crippen LogP contribution is 2.51. The van der Waals surface area contributed by atoms with Crippen LogP contribution in [0.25, 0.3) is 0 Å². The van der Waals surface area contributed by atoms with Gasteiger partial charge in [-0.2, -0.15) is 0 Å². The van der Waals surface area contributed by atoms with Crippen molar-refractivity contribution in [3.63, 3.8) is 0 Å². The molecule has 4 nitrogen and oxygen atoms in total. The van der Waals surface area contributed by atoms with Crippen molar-refractivity contribution in [3.8, 4) is 0 Å². The minimum Gasteiger partial charge on any atom is -0.481 e. The summed E-state index contributed by atoms with van der Waals surface area (Å²) in [5.41, 5.74) is 0. The molecule has 0 bridgehead atoms. The predicted molar refractivity (Wildman–Crippen MR) is 90.4 cm³/mol. The first-order valence-electron chi connectivity index (χ1n) is 8.33. The number of carbonyl (C=O) groups is 2. The van der Waals surface area contributed by atoms with E-state index < -0.39 is 5.97 Å². The van der Waals surface area contributed by atoms with E-state index in [0.29, 0.717) is 32.2 Å². The van der Waals surface area contributed by atoms with Crippen LogP contribution in [0.2, 0.25) is 0 Å². The van der Waals surface area contributed by atoms with Crippen LogP contribution in [0, 0.1) is 11.8 Å². The SMILES string of the molecule is O=C(O)C1CCC(C(=O)NCC2(Sc3ccccc3)CC2)CC1. The van der Waals surface area contributed by atoms with Crippen LogP contribution in [0.5, 0.6) is 0 Å². The molecule has 2 aliphatic carbocycles. The smallest absolute Gasteiger partial charge is 0.306 e. The summed E-state index contributed by atoms with van der Waals surface area (Å²) in [4.78, 5) is 24.6. The first-order chi connectivity index (χ1) is 11.1. The van der Waals surface area contributed by atoms with Crippen LogP contribution in [-0.2, 0) is 9.59 Å². The minimum absolute atomic E-state index is 0.0110. The Labute approximate surface area is 141 Å². The second-order valence-electron chi connectivity index (χ2n) is 6.70. The van der Waals surface area contributed by atoms with E-state index in [4.69, 9.17) is 5.11 Å². The summed E-state index contributed by atoms with van der Waals surface area (Å²) in [6.45, 7) is 0.713. The molecule has 0 spiro atoms. The molecule has 0 radical (unpaired) electrons. The number of carbonyl (C=O) groups excluding carboxylic acids is 1. The molecule has 1 amide bonds. The van der Waals surface area contributed by atoms with Crippen molar-refractivity contribution in [2.75, 3.05) is 6.54 Å². The Morgan fingerprint density at radius 2 is 1.70 bits per heavy atom. The van der Waals surface area contributed by atoms with Gasteiger partial charge in [0.15, 0.2) is 0 Å². The first-order valence-corrected chi connectivity index (χ1v) is 9.14. The van der Waals surface area contributed by atoms with E-state index in [2.05, 4.69) is 17.4 Å². The van der Waals surface area contributed by atoms with E-state index in [1.54, 1.807) is 0 Å². The molecule has 23 heavy (non-hydrogen) atoms. The van der Waals surface area contributed by atoms with Gasteiger partial charge in [-0.15, -0.1) is 11.8 Å². The lowest BCUT2D eigenvalue weighted by atomic mass is 9.81. The summed E-state index contributed by atoms with van der Waals surface area (Å²) in [7, 11) is 0. The summed E-state index contributed by atoms with van der Waals surface area (Å²) in [5, 5.41) is 12.1. The van der Waals surface area contributed by atoms with Crippen molar-refractivity contribution in [2.24, 2.45) is 11.8 Å². The monoisotopic (exact) mass is 333 g/mol. The van der Waals surface area contributed by atoms with Crippen LogP contribution < -0.4 is 5.32 Å². The zero-order valence-corrected chi connectivity index (χ0v) is 14.0. The van der Waals surface area contributed by atoms with Gasteiger partial charge in [0.1, 0.15) is 0 Å². The van der Waals surface area contributed by atoms with Gasteiger partial charge in [0.05, 0.1) is 5.92 Å². The molecule has 5 heteroatoms. The Kier molecular flexibility index (Phi) is 4.95. The van der Waals surface area contributed by atoms with Crippen molar-refractivity contribution in [1.82, 2.24) is 5.32 Å². The third-order valence-electron chi connectivity index (χ3n) is 4.92. The van der Waals surface area contributed by atoms with Crippen LogP contribution in [0.4, 0.5) is 0 Å². The Bertz CT molecular complexity index is 563. The average Bonchev–Trinajstić information content (AvgIpc) is 3.33. The van der Waals surface area contributed by atoms with E-state index in [9.17, 15) is 9.59 Å². The lowest BCUT2D eigenvalue weighted by Gasteiger charge is -2.26. The Morgan fingerprint density at radius 1 is 1.09 bits per heavy atom. The molecule has 0 saturated heterocycles. The molecule has 2 aliphatic rings. The number of benzene rings is 1. The van der Waals surface area contributed by atoms with E-state index in [1.165, 1.54) is 4.90 Å². The van der Waals surface area contributed by atoms with Crippen molar-refractivity contribution >= 4 is 23.6 Å². The Hall–Kier alpha value is -1.49. The zero-order valence-electron chi connectivity index (χ0n) is 13.2. The summed E-state index contributed by atoms with van der Waals surface area (Å²) in [6.07, 6.45) is 4.91. The van der Waals surface area contributed by atoms with Gasteiger partial charge in [0, 0.05) is 22.1 Å². The van der Waals surface area contributed by atoms with E-state index >= 15 is 0 Å². The summed E-state index contributed by atoms with van der Waals surface area (Å²) in [6, 6.07) is 10.3. The Morgan fingerprint density at radius 3 is 2.26 bits per heavy atom. The second-order valence-corrected chi connectivity index (χ2v) is 8.24. The average molecular weight is 333 g/mol. The van der Waals surface area contributed by atoms with Gasteiger partial charge in [-0.25, -0.2) is 0 Å². The highest BCUT2D eigenvalue weighted by molar-refractivity contribution is 8.01. The van der Waals surface area contributed by atoms with Crippen LogP contribution in [0.1, 0.15) is 38.5 Å². The minimum atomic E-state index is -0.722. The number of aliphatic carboxylic acids is 1. The molecular formula is C18H23NO3S. The lowest BCUT2D eigenvalue weighted by molar-refractivity contribution is -0.144. The highest BCUT2D eigenvalue weighted by atomic mass is 32.2. The topological polar surface area (TPSA) is 66.4 Å². The van der Waals surface area contributed by atoms with Gasteiger partial charge in [-0.1, -0.05) is 18.2 Å². The van der Waals surface area contributed by atoms with Crippen LogP contribution in [-0.4, -0.2) is 28.3 Å². The number of rotatable bonds is 6. The largest absolute Gasteiger partial charge is 0.481 e. The molecule has 0 unspecified atom stereocenters. The first kappa shape index (κ1) is 16.4.